The van der Waals surface area contributed by atoms with Gasteiger partial charge in [0.15, 0.2) is 0 Å². The Labute approximate surface area is 133 Å². The van der Waals surface area contributed by atoms with Crippen LogP contribution in [0, 0.1) is 11.6 Å². The fourth-order valence-corrected chi connectivity index (χ4v) is 2.17. The van der Waals surface area contributed by atoms with Gasteiger partial charge in [-0.2, -0.15) is 5.10 Å². The molecule has 0 heterocycles. The third-order valence-electron chi connectivity index (χ3n) is 3.30. The number of benzene rings is 3. The highest BCUT2D eigenvalue weighted by atomic mass is 19.1. The number of rotatable bonds is 4. The highest BCUT2D eigenvalue weighted by Gasteiger charge is 2.09. The molecule has 0 aromatic heterocycles. The van der Waals surface area contributed by atoms with E-state index in [0.717, 1.165) is 11.4 Å². The lowest BCUT2D eigenvalue weighted by Gasteiger charge is -2.19. The Balaban J connectivity index is 2.02. The van der Waals surface area contributed by atoms with Gasteiger partial charge in [0.1, 0.15) is 11.6 Å². The van der Waals surface area contributed by atoms with E-state index in [1.807, 2.05) is 60.7 Å². The van der Waals surface area contributed by atoms with Crippen LogP contribution in [0.1, 0.15) is 5.56 Å². The van der Waals surface area contributed by atoms with Gasteiger partial charge in [0, 0.05) is 0 Å². The van der Waals surface area contributed by atoms with Crippen LogP contribution >= 0.6 is 0 Å². The third kappa shape index (κ3) is 3.43. The van der Waals surface area contributed by atoms with Gasteiger partial charge in [0.2, 0.25) is 0 Å². The fourth-order valence-electron chi connectivity index (χ4n) is 2.17. The molecule has 0 fully saturated rings. The van der Waals surface area contributed by atoms with Crippen molar-refractivity contribution in [2.24, 2.45) is 5.10 Å². The van der Waals surface area contributed by atoms with Crippen molar-refractivity contribution in [3.05, 3.63) is 96.1 Å². The summed E-state index contributed by atoms with van der Waals surface area (Å²) < 4.78 is 27.5. The largest absolute Gasteiger partial charge is 0.234 e. The van der Waals surface area contributed by atoms with Crippen molar-refractivity contribution in [1.82, 2.24) is 0 Å². The Kier molecular flexibility index (Phi) is 4.43. The summed E-state index contributed by atoms with van der Waals surface area (Å²) in [6.45, 7) is 0. The molecule has 3 aromatic carbocycles. The highest BCUT2D eigenvalue weighted by Crippen LogP contribution is 2.25. The number of halogens is 2. The topological polar surface area (TPSA) is 15.6 Å². The second kappa shape index (κ2) is 6.83. The Hall–Kier alpha value is -3.01. The fraction of sp³-hybridized carbons (Fsp3) is 0. The first-order valence-electron chi connectivity index (χ1n) is 7.14. The first-order chi connectivity index (χ1) is 11.3. The average molecular weight is 308 g/mol. The van der Waals surface area contributed by atoms with Crippen LogP contribution in [0.2, 0.25) is 0 Å². The predicted molar refractivity (Wildman–Crippen MR) is 89.0 cm³/mol. The van der Waals surface area contributed by atoms with Gasteiger partial charge >= 0.3 is 0 Å². The zero-order chi connectivity index (χ0) is 16.1. The van der Waals surface area contributed by atoms with Crippen molar-refractivity contribution in [3.63, 3.8) is 0 Å². The Morgan fingerprint density at radius 2 is 1.13 bits per heavy atom. The molecule has 0 aliphatic rings. The summed E-state index contributed by atoms with van der Waals surface area (Å²) in [5.41, 5.74) is 1.43. The zero-order valence-corrected chi connectivity index (χ0v) is 12.2. The van der Waals surface area contributed by atoms with Gasteiger partial charge in [-0.1, -0.05) is 42.5 Å². The van der Waals surface area contributed by atoms with Gasteiger partial charge in [0.05, 0.1) is 23.2 Å². The van der Waals surface area contributed by atoms with Gasteiger partial charge in [-0.25, -0.2) is 13.8 Å². The lowest BCUT2D eigenvalue weighted by molar-refractivity contribution is 0.580. The number of hydrazone groups is 1. The van der Waals surface area contributed by atoms with E-state index >= 15 is 0 Å². The minimum Gasteiger partial charge on any atom is -0.234 e. The molecule has 0 amide bonds. The minimum absolute atomic E-state index is 0.163. The molecule has 0 bridgehead atoms. The summed E-state index contributed by atoms with van der Waals surface area (Å²) in [7, 11) is 0. The standard InChI is InChI=1S/C19H14F2N2/c20-18-12-7-13-19(21)17(18)14-22-23(15-8-3-1-4-9-15)16-10-5-2-6-11-16/h1-14H/b22-14-. The van der Waals surface area contributed by atoms with E-state index in [2.05, 4.69) is 5.10 Å². The molecule has 2 nitrogen and oxygen atoms in total. The van der Waals surface area contributed by atoms with Gasteiger partial charge in [-0.15, -0.1) is 0 Å². The number of hydrogen-bond acceptors (Lipinski definition) is 2. The molecule has 0 saturated heterocycles. The number of para-hydroxylation sites is 2. The summed E-state index contributed by atoms with van der Waals surface area (Å²) >= 11 is 0. The smallest absolute Gasteiger partial charge is 0.134 e. The molecular weight excluding hydrogens is 294 g/mol. The molecular formula is C19H14F2N2. The van der Waals surface area contributed by atoms with Crippen LogP contribution < -0.4 is 5.01 Å². The maximum atomic E-state index is 13.8. The molecule has 0 aliphatic heterocycles. The molecule has 4 heteroatoms. The van der Waals surface area contributed by atoms with Crippen LogP contribution in [0.5, 0.6) is 0 Å². The first-order valence-corrected chi connectivity index (χ1v) is 7.14. The lowest BCUT2D eigenvalue weighted by atomic mass is 10.2. The van der Waals surface area contributed by atoms with E-state index in [4.69, 9.17) is 0 Å². The number of nitrogens with zero attached hydrogens (tertiary/aromatic N) is 2. The molecule has 0 unspecified atom stereocenters. The molecule has 0 spiro atoms. The molecule has 23 heavy (non-hydrogen) atoms. The van der Waals surface area contributed by atoms with Crippen LogP contribution in [0.25, 0.3) is 0 Å². The Morgan fingerprint density at radius 1 is 0.652 bits per heavy atom. The van der Waals surface area contributed by atoms with E-state index in [1.165, 1.54) is 24.4 Å². The van der Waals surface area contributed by atoms with Crippen molar-refractivity contribution in [1.29, 1.82) is 0 Å². The monoisotopic (exact) mass is 308 g/mol. The van der Waals surface area contributed by atoms with Crippen LogP contribution in [-0.4, -0.2) is 6.21 Å². The minimum atomic E-state index is -0.644. The maximum Gasteiger partial charge on any atom is 0.134 e. The van der Waals surface area contributed by atoms with Gasteiger partial charge < -0.3 is 0 Å². The van der Waals surface area contributed by atoms with E-state index in [1.54, 1.807) is 5.01 Å². The first kappa shape index (κ1) is 14.9. The predicted octanol–water partition coefficient (Wildman–Crippen LogP) is 5.14. The summed E-state index contributed by atoms with van der Waals surface area (Å²) in [4.78, 5) is 0. The summed E-state index contributed by atoms with van der Waals surface area (Å²) in [5.74, 6) is -1.29. The molecule has 0 N–H and O–H groups in total. The van der Waals surface area contributed by atoms with Crippen molar-refractivity contribution in [2.75, 3.05) is 5.01 Å². The summed E-state index contributed by atoms with van der Waals surface area (Å²) in [6.07, 6.45) is 1.20. The van der Waals surface area contributed by atoms with Gasteiger partial charge in [0.25, 0.3) is 0 Å². The molecule has 3 aromatic rings. The Morgan fingerprint density at radius 3 is 1.61 bits per heavy atom. The molecule has 114 valence electrons. The summed E-state index contributed by atoms with van der Waals surface area (Å²) in [5, 5.41) is 5.92. The van der Waals surface area contributed by atoms with Crippen molar-refractivity contribution in [3.8, 4) is 0 Å². The van der Waals surface area contributed by atoms with Crippen molar-refractivity contribution in [2.45, 2.75) is 0 Å². The van der Waals surface area contributed by atoms with E-state index < -0.39 is 11.6 Å². The SMILES string of the molecule is Fc1cccc(F)c1/C=N\N(c1ccccc1)c1ccccc1. The average Bonchev–Trinajstić information content (AvgIpc) is 2.59. The maximum absolute atomic E-state index is 13.8. The number of hydrogen-bond donors (Lipinski definition) is 0. The molecule has 0 saturated carbocycles. The Bertz CT molecular complexity index is 742. The zero-order valence-electron chi connectivity index (χ0n) is 12.2. The van der Waals surface area contributed by atoms with Crippen molar-refractivity contribution < 1.29 is 8.78 Å². The van der Waals surface area contributed by atoms with Crippen LogP contribution in [-0.2, 0) is 0 Å². The normalized spacial score (nSPS) is 10.9. The molecule has 0 aliphatic carbocycles. The van der Waals surface area contributed by atoms with Crippen molar-refractivity contribution >= 4 is 17.6 Å². The third-order valence-corrected chi connectivity index (χ3v) is 3.30. The highest BCUT2D eigenvalue weighted by molar-refractivity contribution is 5.82. The van der Waals surface area contributed by atoms with Crippen LogP contribution in [0.4, 0.5) is 20.2 Å². The van der Waals surface area contributed by atoms with Crippen LogP contribution in [0.15, 0.2) is 84.0 Å². The molecule has 0 atom stereocenters. The van der Waals surface area contributed by atoms with Crippen LogP contribution in [0.3, 0.4) is 0 Å². The van der Waals surface area contributed by atoms with Gasteiger partial charge in [-0.3, -0.25) is 0 Å². The lowest BCUT2D eigenvalue weighted by Crippen LogP contribution is -2.10. The van der Waals surface area contributed by atoms with E-state index in [-0.39, 0.29) is 5.56 Å². The quantitative estimate of drug-likeness (QED) is 0.481. The van der Waals surface area contributed by atoms with E-state index in [9.17, 15) is 8.78 Å². The molecule has 3 rings (SSSR count). The summed E-state index contributed by atoms with van der Waals surface area (Å²) in [6, 6.07) is 22.6. The number of anilines is 2. The van der Waals surface area contributed by atoms with Gasteiger partial charge in [-0.05, 0) is 36.4 Å². The molecule has 0 radical (unpaired) electrons. The van der Waals surface area contributed by atoms with E-state index in [0.29, 0.717) is 0 Å². The second-order valence-corrected chi connectivity index (χ2v) is 4.86. The second-order valence-electron chi connectivity index (χ2n) is 4.86.